The summed E-state index contributed by atoms with van der Waals surface area (Å²) in [6, 6.07) is 3.60. The van der Waals surface area contributed by atoms with Crippen LogP contribution in [-0.2, 0) is 9.63 Å². The molecule has 2 aliphatic rings. The highest BCUT2D eigenvalue weighted by atomic mass is 35.5. The first kappa shape index (κ1) is 17.1. The average Bonchev–Trinajstić information content (AvgIpc) is 2.71. The molecule has 0 saturated carbocycles. The summed E-state index contributed by atoms with van der Waals surface area (Å²) in [5.74, 6) is 0.199. The summed E-state index contributed by atoms with van der Waals surface area (Å²) in [6.07, 6.45) is 0. The SMILES string of the molecule is C=C1C(c2c(C)cc(Cl)cc2OC)C(=O)N2CCN(OC)CCN12. The van der Waals surface area contributed by atoms with Crippen LogP contribution in [0.1, 0.15) is 17.0 Å². The Balaban J connectivity index is 1.98. The van der Waals surface area contributed by atoms with E-state index in [2.05, 4.69) is 6.58 Å². The topological polar surface area (TPSA) is 45.3 Å². The number of carbonyl (C=O) groups excluding carboxylic acids is 1. The van der Waals surface area contributed by atoms with Gasteiger partial charge >= 0.3 is 0 Å². The number of carbonyl (C=O) groups is 1. The first-order chi connectivity index (χ1) is 11.5. The number of benzene rings is 1. The minimum absolute atomic E-state index is 0.0154. The van der Waals surface area contributed by atoms with Gasteiger partial charge in [0.05, 0.1) is 27.3 Å². The molecule has 1 atom stereocenters. The number of rotatable bonds is 3. The average molecular weight is 352 g/mol. The van der Waals surface area contributed by atoms with E-state index in [1.165, 1.54) is 0 Å². The normalized spacial score (nSPS) is 21.9. The number of hydroxylamine groups is 2. The maximum atomic E-state index is 13.1. The van der Waals surface area contributed by atoms with Crippen molar-refractivity contribution in [3.63, 3.8) is 0 Å². The summed E-state index contributed by atoms with van der Waals surface area (Å²) in [7, 11) is 3.24. The van der Waals surface area contributed by atoms with Crippen LogP contribution in [-0.4, -0.2) is 61.4 Å². The van der Waals surface area contributed by atoms with Crippen LogP contribution in [0.2, 0.25) is 5.02 Å². The molecule has 2 aliphatic heterocycles. The number of hydrogen-bond donors (Lipinski definition) is 0. The predicted octanol–water partition coefficient (Wildman–Crippen LogP) is 2.19. The van der Waals surface area contributed by atoms with E-state index in [0.717, 1.165) is 16.8 Å². The lowest BCUT2D eigenvalue weighted by Gasteiger charge is -2.26. The molecule has 1 amide bonds. The molecule has 24 heavy (non-hydrogen) atoms. The van der Waals surface area contributed by atoms with Crippen molar-refractivity contribution in [2.45, 2.75) is 12.8 Å². The molecule has 0 radical (unpaired) electrons. The zero-order valence-electron chi connectivity index (χ0n) is 14.2. The summed E-state index contributed by atoms with van der Waals surface area (Å²) >= 11 is 6.13. The van der Waals surface area contributed by atoms with E-state index < -0.39 is 5.92 Å². The number of halogens is 1. The van der Waals surface area contributed by atoms with Gasteiger partial charge in [0.2, 0.25) is 0 Å². The second kappa shape index (κ2) is 6.63. The van der Waals surface area contributed by atoms with Crippen molar-refractivity contribution in [2.75, 3.05) is 40.4 Å². The van der Waals surface area contributed by atoms with Gasteiger partial charge in [0.25, 0.3) is 5.91 Å². The third-order valence-corrected chi connectivity index (χ3v) is 4.88. The van der Waals surface area contributed by atoms with E-state index in [-0.39, 0.29) is 5.91 Å². The maximum absolute atomic E-state index is 13.1. The highest BCUT2D eigenvalue weighted by Gasteiger charge is 2.44. The second-order valence-electron chi connectivity index (χ2n) is 5.96. The number of ether oxygens (including phenoxy) is 1. The number of hydrogen-bond acceptors (Lipinski definition) is 5. The molecular weight excluding hydrogens is 330 g/mol. The Morgan fingerprint density at radius 1 is 1.17 bits per heavy atom. The van der Waals surface area contributed by atoms with Crippen molar-refractivity contribution >= 4 is 17.5 Å². The van der Waals surface area contributed by atoms with Crippen LogP contribution in [0.5, 0.6) is 5.75 Å². The van der Waals surface area contributed by atoms with Gasteiger partial charge in [-0.15, -0.1) is 0 Å². The zero-order valence-corrected chi connectivity index (χ0v) is 15.0. The third kappa shape index (κ3) is 2.75. The lowest BCUT2D eigenvalue weighted by atomic mass is 9.91. The van der Waals surface area contributed by atoms with Crippen molar-refractivity contribution in [3.8, 4) is 5.75 Å². The molecule has 7 heteroatoms. The van der Waals surface area contributed by atoms with E-state index in [1.54, 1.807) is 25.3 Å². The number of methoxy groups -OCH3 is 1. The molecular formula is C17H22ClN3O3. The van der Waals surface area contributed by atoms with Crippen molar-refractivity contribution in [1.29, 1.82) is 0 Å². The molecule has 0 spiro atoms. The van der Waals surface area contributed by atoms with Gasteiger partial charge in [-0.2, -0.15) is 5.06 Å². The molecule has 0 bridgehead atoms. The largest absolute Gasteiger partial charge is 0.496 e. The molecule has 130 valence electrons. The molecule has 1 unspecified atom stereocenters. The van der Waals surface area contributed by atoms with Crippen LogP contribution in [0.3, 0.4) is 0 Å². The zero-order chi connectivity index (χ0) is 17.4. The molecule has 2 heterocycles. The number of nitrogens with zero attached hydrogens (tertiary/aromatic N) is 3. The molecule has 1 aromatic rings. The van der Waals surface area contributed by atoms with E-state index in [0.29, 0.717) is 37.0 Å². The standard InChI is InChI=1S/C17H22ClN3O3/c1-11-9-13(18)10-14(23-3)15(11)16-12(2)20-7-5-19(24-4)6-8-21(20)17(16)22/h9-10,16H,2,5-8H2,1,3-4H3. The van der Waals surface area contributed by atoms with Gasteiger partial charge in [-0.1, -0.05) is 18.2 Å². The van der Waals surface area contributed by atoms with Gasteiger partial charge < -0.3 is 9.57 Å². The summed E-state index contributed by atoms with van der Waals surface area (Å²) in [4.78, 5) is 18.4. The summed E-state index contributed by atoms with van der Waals surface area (Å²) in [5.41, 5.74) is 2.53. The van der Waals surface area contributed by atoms with E-state index in [4.69, 9.17) is 21.2 Å². The number of hydrazine groups is 1. The molecule has 6 nitrogen and oxygen atoms in total. The van der Waals surface area contributed by atoms with Crippen LogP contribution in [0.4, 0.5) is 0 Å². The predicted molar refractivity (Wildman–Crippen MR) is 91.6 cm³/mol. The summed E-state index contributed by atoms with van der Waals surface area (Å²) in [6.45, 7) is 8.73. The van der Waals surface area contributed by atoms with Gasteiger partial charge in [-0.05, 0) is 24.6 Å². The monoisotopic (exact) mass is 351 g/mol. The Morgan fingerprint density at radius 2 is 1.83 bits per heavy atom. The van der Waals surface area contributed by atoms with E-state index in [1.807, 2.05) is 23.1 Å². The van der Waals surface area contributed by atoms with Gasteiger partial charge in [0.15, 0.2) is 0 Å². The second-order valence-corrected chi connectivity index (χ2v) is 6.40. The first-order valence-corrected chi connectivity index (χ1v) is 8.26. The Labute approximate surface area is 147 Å². The highest BCUT2D eigenvalue weighted by molar-refractivity contribution is 6.30. The fourth-order valence-corrected chi connectivity index (χ4v) is 3.73. The van der Waals surface area contributed by atoms with Crippen LogP contribution in [0.15, 0.2) is 24.4 Å². The Hall–Kier alpha value is -1.76. The maximum Gasteiger partial charge on any atom is 0.254 e. The first-order valence-electron chi connectivity index (χ1n) is 7.88. The number of fused-ring (bicyclic) bond motifs is 1. The Kier molecular flexibility index (Phi) is 4.71. The van der Waals surface area contributed by atoms with Crippen molar-refractivity contribution in [2.24, 2.45) is 0 Å². The molecule has 3 rings (SSSR count). The van der Waals surface area contributed by atoms with Gasteiger partial charge in [-0.3, -0.25) is 14.8 Å². The molecule has 0 aromatic heterocycles. The van der Waals surface area contributed by atoms with Crippen LogP contribution >= 0.6 is 11.6 Å². The minimum Gasteiger partial charge on any atom is -0.496 e. The van der Waals surface area contributed by atoms with Crippen molar-refractivity contribution in [1.82, 2.24) is 15.1 Å². The third-order valence-electron chi connectivity index (χ3n) is 4.66. The number of amides is 1. The van der Waals surface area contributed by atoms with Gasteiger partial charge in [0, 0.05) is 29.4 Å². The fourth-order valence-electron chi connectivity index (χ4n) is 3.47. The molecule has 1 aromatic carbocycles. The number of aryl methyl sites for hydroxylation is 1. The van der Waals surface area contributed by atoms with Gasteiger partial charge in [-0.25, -0.2) is 0 Å². The highest BCUT2D eigenvalue weighted by Crippen LogP contribution is 2.42. The summed E-state index contributed by atoms with van der Waals surface area (Å²) in [5, 5.41) is 6.16. The lowest BCUT2D eigenvalue weighted by molar-refractivity contribution is -0.138. The van der Waals surface area contributed by atoms with Crippen molar-refractivity contribution in [3.05, 3.63) is 40.6 Å². The Bertz CT molecular complexity index is 653. The quantitative estimate of drug-likeness (QED) is 0.835. The molecule has 0 aliphatic carbocycles. The van der Waals surface area contributed by atoms with E-state index >= 15 is 0 Å². The van der Waals surface area contributed by atoms with E-state index in [9.17, 15) is 4.79 Å². The summed E-state index contributed by atoms with van der Waals surface area (Å²) < 4.78 is 5.49. The minimum atomic E-state index is -0.439. The van der Waals surface area contributed by atoms with Crippen LogP contribution < -0.4 is 4.74 Å². The van der Waals surface area contributed by atoms with Crippen molar-refractivity contribution < 1.29 is 14.4 Å². The smallest absolute Gasteiger partial charge is 0.254 e. The molecule has 2 saturated heterocycles. The molecule has 0 N–H and O–H groups in total. The Morgan fingerprint density at radius 3 is 2.46 bits per heavy atom. The molecule has 2 fully saturated rings. The fraction of sp³-hybridized carbons (Fsp3) is 0.471. The van der Waals surface area contributed by atoms with Gasteiger partial charge in [0.1, 0.15) is 11.7 Å². The lowest BCUT2D eigenvalue weighted by Crippen LogP contribution is -2.39. The van der Waals surface area contributed by atoms with Crippen LogP contribution in [0.25, 0.3) is 0 Å². The van der Waals surface area contributed by atoms with Crippen LogP contribution in [0, 0.1) is 6.92 Å².